The minimum absolute atomic E-state index is 0.272. The van der Waals surface area contributed by atoms with Gasteiger partial charge in [-0.2, -0.15) is 0 Å². The molecular formula is C18H29NO2. The fraction of sp³-hybridized carbons (Fsp3) is 0.611. The first kappa shape index (κ1) is 17.7. The molecule has 2 unspecified atom stereocenters. The van der Waals surface area contributed by atoms with Crippen LogP contribution in [-0.2, 0) is 11.2 Å². The lowest BCUT2D eigenvalue weighted by molar-refractivity contribution is -0.142. The third-order valence-electron chi connectivity index (χ3n) is 3.76. The summed E-state index contributed by atoms with van der Waals surface area (Å²) < 4.78 is 0. The van der Waals surface area contributed by atoms with Gasteiger partial charge in [0.25, 0.3) is 0 Å². The lowest BCUT2D eigenvalue weighted by Gasteiger charge is -2.17. The van der Waals surface area contributed by atoms with Crippen LogP contribution in [0.3, 0.4) is 0 Å². The average Bonchev–Trinajstić information content (AvgIpc) is 2.44. The Balaban J connectivity index is 2.22. The standard InChI is InChI=1S/C18H29NO2/c1-14(2)11-17(18(20)21)13-19-12-15(3)9-10-16-7-5-4-6-8-16/h4-8,14-15,17,19H,9-13H2,1-3H3,(H,20,21). The maximum Gasteiger partial charge on any atom is 0.307 e. The highest BCUT2D eigenvalue weighted by atomic mass is 16.4. The second kappa shape index (κ2) is 9.56. The van der Waals surface area contributed by atoms with Gasteiger partial charge in [0.2, 0.25) is 0 Å². The molecule has 1 aromatic carbocycles. The first-order chi connectivity index (χ1) is 9.99. The molecule has 21 heavy (non-hydrogen) atoms. The van der Waals surface area contributed by atoms with Gasteiger partial charge >= 0.3 is 5.97 Å². The highest BCUT2D eigenvalue weighted by Gasteiger charge is 2.18. The number of hydrogen-bond donors (Lipinski definition) is 2. The Morgan fingerprint density at radius 3 is 2.38 bits per heavy atom. The third-order valence-corrected chi connectivity index (χ3v) is 3.76. The van der Waals surface area contributed by atoms with Gasteiger partial charge in [0, 0.05) is 6.54 Å². The zero-order valence-corrected chi connectivity index (χ0v) is 13.5. The number of benzene rings is 1. The highest BCUT2D eigenvalue weighted by Crippen LogP contribution is 2.12. The van der Waals surface area contributed by atoms with E-state index in [2.05, 4.69) is 50.4 Å². The SMILES string of the molecule is CC(C)CC(CNCC(C)CCc1ccccc1)C(=O)O. The van der Waals surface area contributed by atoms with E-state index in [1.54, 1.807) is 0 Å². The summed E-state index contributed by atoms with van der Waals surface area (Å²) in [6.07, 6.45) is 2.94. The summed E-state index contributed by atoms with van der Waals surface area (Å²) >= 11 is 0. The van der Waals surface area contributed by atoms with Crippen molar-refractivity contribution in [1.29, 1.82) is 0 Å². The van der Waals surface area contributed by atoms with E-state index >= 15 is 0 Å². The summed E-state index contributed by atoms with van der Waals surface area (Å²) in [6.45, 7) is 7.81. The topological polar surface area (TPSA) is 49.3 Å². The normalized spacial score (nSPS) is 14.1. The van der Waals surface area contributed by atoms with E-state index in [0.717, 1.165) is 25.8 Å². The molecule has 0 saturated heterocycles. The molecule has 0 aliphatic heterocycles. The van der Waals surface area contributed by atoms with Crippen molar-refractivity contribution in [3.8, 4) is 0 Å². The van der Waals surface area contributed by atoms with E-state index in [9.17, 15) is 9.90 Å². The van der Waals surface area contributed by atoms with E-state index in [1.807, 2.05) is 6.07 Å². The van der Waals surface area contributed by atoms with Crippen molar-refractivity contribution in [2.75, 3.05) is 13.1 Å². The molecule has 0 aliphatic carbocycles. The van der Waals surface area contributed by atoms with Gasteiger partial charge in [-0.1, -0.05) is 51.1 Å². The fourth-order valence-corrected chi connectivity index (χ4v) is 2.50. The largest absolute Gasteiger partial charge is 0.481 e. The Hall–Kier alpha value is -1.35. The number of rotatable bonds is 10. The number of aryl methyl sites for hydroxylation is 1. The maximum absolute atomic E-state index is 11.2. The molecule has 0 fully saturated rings. The van der Waals surface area contributed by atoms with E-state index in [1.165, 1.54) is 5.56 Å². The minimum Gasteiger partial charge on any atom is -0.481 e. The molecule has 3 heteroatoms. The summed E-state index contributed by atoms with van der Waals surface area (Å²) in [6, 6.07) is 10.5. The number of hydrogen-bond acceptors (Lipinski definition) is 2. The molecule has 0 heterocycles. The van der Waals surface area contributed by atoms with E-state index in [4.69, 9.17) is 0 Å². The summed E-state index contributed by atoms with van der Waals surface area (Å²) in [5, 5.41) is 12.5. The van der Waals surface area contributed by atoms with Crippen LogP contribution < -0.4 is 5.32 Å². The Morgan fingerprint density at radius 1 is 1.14 bits per heavy atom. The van der Waals surface area contributed by atoms with Crippen LogP contribution in [0.25, 0.3) is 0 Å². The van der Waals surface area contributed by atoms with Gasteiger partial charge in [0.1, 0.15) is 0 Å². The van der Waals surface area contributed by atoms with Crippen molar-refractivity contribution in [1.82, 2.24) is 5.32 Å². The molecule has 118 valence electrons. The van der Waals surface area contributed by atoms with Crippen molar-refractivity contribution in [3.05, 3.63) is 35.9 Å². The summed E-state index contributed by atoms with van der Waals surface area (Å²) in [4.78, 5) is 11.2. The molecule has 0 spiro atoms. The Bertz CT molecular complexity index is 403. The van der Waals surface area contributed by atoms with Crippen LogP contribution in [0.1, 0.15) is 39.2 Å². The van der Waals surface area contributed by atoms with Crippen molar-refractivity contribution < 1.29 is 9.90 Å². The summed E-state index contributed by atoms with van der Waals surface area (Å²) in [7, 11) is 0. The lowest BCUT2D eigenvalue weighted by atomic mass is 9.96. The predicted octanol–water partition coefficient (Wildman–Crippen LogP) is 3.59. The second-order valence-electron chi connectivity index (χ2n) is 6.45. The van der Waals surface area contributed by atoms with Crippen molar-refractivity contribution in [2.24, 2.45) is 17.8 Å². The van der Waals surface area contributed by atoms with Gasteiger partial charge < -0.3 is 10.4 Å². The van der Waals surface area contributed by atoms with Gasteiger partial charge in [-0.3, -0.25) is 4.79 Å². The van der Waals surface area contributed by atoms with Gasteiger partial charge in [0.05, 0.1) is 5.92 Å². The number of carboxylic acids is 1. The number of carbonyl (C=O) groups is 1. The Labute approximate surface area is 128 Å². The minimum atomic E-state index is -0.687. The Kier molecular flexibility index (Phi) is 8.06. The third kappa shape index (κ3) is 7.86. The van der Waals surface area contributed by atoms with Gasteiger partial charge in [0.15, 0.2) is 0 Å². The molecule has 0 aliphatic rings. The molecule has 0 aromatic heterocycles. The van der Waals surface area contributed by atoms with Crippen LogP contribution in [0, 0.1) is 17.8 Å². The first-order valence-corrected chi connectivity index (χ1v) is 7.96. The monoisotopic (exact) mass is 291 g/mol. The van der Waals surface area contributed by atoms with Gasteiger partial charge in [-0.15, -0.1) is 0 Å². The fourth-order valence-electron chi connectivity index (χ4n) is 2.50. The van der Waals surface area contributed by atoms with E-state index < -0.39 is 5.97 Å². The molecule has 2 N–H and O–H groups in total. The molecule has 0 amide bonds. The molecular weight excluding hydrogens is 262 g/mol. The number of carboxylic acid groups (broad SMARTS) is 1. The van der Waals surface area contributed by atoms with Crippen LogP contribution in [0.5, 0.6) is 0 Å². The zero-order valence-electron chi connectivity index (χ0n) is 13.5. The summed E-state index contributed by atoms with van der Waals surface area (Å²) in [5.41, 5.74) is 1.37. The molecule has 1 rings (SSSR count). The smallest absolute Gasteiger partial charge is 0.307 e. The van der Waals surface area contributed by atoms with Crippen LogP contribution in [0.15, 0.2) is 30.3 Å². The summed E-state index contributed by atoms with van der Waals surface area (Å²) in [5.74, 6) is 0.0153. The highest BCUT2D eigenvalue weighted by molar-refractivity contribution is 5.70. The lowest BCUT2D eigenvalue weighted by Crippen LogP contribution is -2.32. The molecule has 3 nitrogen and oxygen atoms in total. The van der Waals surface area contributed by atoms with E-state index in [-0.39, 0.29) is 5.92 Å². The van der Waals surface area contributed by atoms with Crippen LogP contribution in [-0.4, -0.2) is 24.2 Å². The van der Waals surface area contributed by atoms with Crippen molar-refractivity contribution in [3.63, 3.8) is 0 Å². The van der Waals surface area contributed by atoms with Crippen molar-refractivity contribution >= 4 is 5.97 Å². The molecule has 1 aromatic rings. The molecule has 0 bridgehead atoms. The number of aliphatic carboxylic acids is 1. The Morgan fingerprint density at radius 2 is 1.81 bits per heavy atom. The molecule has 0 saturated carbocycles. The van der Waals surface area contributed by atoms with E-state index in [0.29, 0.717) is 18.4 Å². The van der Waals surface area contributed by atoms with Crippen LogP contribution in [0.4, 0.5) is 0 Å². The first-order valence-electron chi connectivity index (χ1n) is 7.96. The van der Waals surface area contributed by atoms with Crippen LogP contribution >= 0.6 is 0 Å². The second-order valence-corrected chi connectivity index (χ2v) is 6.45. The quantitative estimate of drug-likeness (QED) is 0.692. The van der Waals surface area contributed by atoms with Gasteiger partial charge in [-0.05, 0) is 43.2 Å². The van der Waals surface area contributed by atoms with Gasteiger partial charge in [-0.25, -0.2) is 0 Å². The van der Waals surface area contributed by atoms with Crippen LogP contribution in [0.2, 0.25) is 0 Å². The predicted molar refractivity (Wildman–Crippen MR) is 87.4 cm³/mol. The van der Waals surface area contributed by atoms with Crippen molar-refractivity contribution in [2.45, 2.75) is 40.0 Å². The zero-order chi connectivity index (χ0) is 15.7. The molecule has 0 radical (unpaired) electrons. The maximum atomic E-state index is 11.2. The number of nitrogens with one attached hydrogen (secondary N) is 1. The molecule has 2 atom stereocenters. The average molecular weight is 291 g/mol.